The number of ether oxygens (including phenoxy) is 1. The minimum Gasteiger partial charge on any atom is -0.457 e. The fourth-order valence-electron chi connectivity index (χ4n) is 10.1. The van der Waals surface area contributed by atoms with E-state index in [-0.39, 0.29) is 24.8 Å². The number of nitrogens with two attached hydrogens (primary N) is 1. The molecular weight excluding hydrogens is 773 g/mol. The molecule has 2 aromatic heterocycles. The van der Waals surface area contributed by atoms with Gasteiger partial charge in [-0.15, -0.1) is 0 Å². The number of piperidine rings is 4. The quantitative estimate of drug-likeness (QED) is 0.185. The normalized spacial score (nSPS) is 21.3. The summed E-state index contributed by atoms with van der Waals surface area (Å²) in [4.78, 5) is 68.4. The van der Waals surface area contributed by atoms with Gasteiger partial charge in [-0.1, -0.05) is 18.2 Å². The van der Waals surface area contributed by atoms with E-state index >= 15 is 0 Å². The smallest absolute Gasteiger partial charge is 0.262 e. The number of likely N-dealkylation sites (tertiary alicyclic amines) is 2. The van der Waals surface area contributed by atoms with Crippen LogP contribution < -0.4 is 20.7 Å². The third-order valence-electron chi connectivity index (χ3n) is 13.5. The van der Waals surface area contributed by atoms with E-state index < -0.39 is 23.8 Å². The first-order chi connectivity index (χ1) is 29.8. The Balaban J connectivity index is 0.703. The Morgan fingerprint density at radius 2 is 1.43 bits per heavy atom. The molecule has 0 bridgehead atoms. The lowest BCUT2D eigenvalue weighted by Crippen LogP contribution is -2.54. The van der Waals surface area contributed by atoms with Crippen molar-refractivity contribution in [1.82, 2.24) is 39.8 Å². The number of aromatic nitrogens is 4. The van der Waals surface area contributed by atoms with Crippen molar-refractivity contribution in [2.45, 2.75) is 69.5 Å². The number of fused-ring (bicyclic) bond motifs is 2. The van der Waals surface area contributed by atoms with Gasteiger partial charge in [0, 0.05) is 56.4 Å². The van der Waals surface area contributed by atoms with Crippen LogP contribution in [0.3, 0.4) is 0 Å². The number of benzene rings is 3. The van der Waals surface area contributed by atoms with E-state index in [9.17, 15) is 19.2 Å². The first-order valence-corrected chi connectivity index (χ1v) is 21.7. The summed E-state index contributed by atoms with van der Waals surface area (Å²) in [6.07, 6.45) is 8.24. The summed E-state index contributed by atoms with van der Waals surface area (Å²) in [7, 11) is 0. The van der Waals surface area contributed by atoms with Gasteiger partial charge in [-0.05, 0) is 119 Å². The average molecular weight is 823 g/mol. The standard InChI is InChI=1S/C46H50N10O5/c47-42-40-41(30-6-9-35(10-7-30)61-34-4-2-1-3-5-34)51-56(43(40)49-28-48-42)32-18-24-53(25-19-32)31-16-20-52(21-17-31)27-29-14-22-54(23-15-29)33-8-11-36-37(26-33)46(60)55(45(36)59)38-12-13-39(57)50-44(38)58/h1-11,26,28-29,31-32,38H,12-25,27H2,(H2,47,48,49)(H,50,57,58)/t38-/m1/s1. The Hall–Kier alpha value is -6.19. The minimum atomic E-state index is -0.959. The van der Waals surface area contributed by atoms with Crippen LogP contribution in [0.2, 0.25) is 0 Å². The van der Waals surface area contributed by atoms with Gasteiger partial charge in [0.25, 0.3) is 11.8 Å². The molecule has 5 aliphatic heterocycles. The van der Waals surface area contributed by atoms with Crippen LogP contribution in [0, 0.1) is 5.92 Å². The summed E-state index contributed by atoms with van der Waals surface area (Å²) < 4.78 is 8.11. The number of amides is 4. The van der Waals surface area contributed by atoms with Crippen molar-refractivity contribution in [3.8, 4) is 22.8 Å². The molecule has 3 N–H and O–H groups in total. The number of para-hydroxylation sites is 1. The average Bonchev–Trinajstić information content (AvgIpc) is 3.80. The van der Waals surface area contributed by atoms with Crippen LogP contribution >= 0.6 is 0 Å². The van der Waals surface area contributed by atoms with Gasteiger partial charge in [-0.25, -0.2) is 14.6 Å². The van der Waals surface area contributed by atoms with E-state index in [1.165, 1.54) is 19.2 Å². The molecule has 0 spiro atoms. The number of carbonyl (C=O) groups is 4. The highest BCUT2D eigenvalue weighted by Crippen LogP contribution is 2.37. The maximum atomic E-state index is 13.4. The number of hydrogen-bond acceptors (Lipinski definition) is 12. The number of hydrogen-bond donors (Lipinski definition) is 2. The second kappa shape index (κ2) is 16.3. The fourth-order valence-corrected chi connectivity index (χ4v) is 10.1. The Morgan fingerprint density at radius 1 is 0.721 bits per heavy atom. The molecule has 5 aliphatic rings. The van der Waals surface area contributed by atoms with E-state index in [2.05, 4.69) is 34.7 Å². The molecule has 0 saturated carbocycles. The molecular formula is C46H50N10O5. The number of imide groups is 2. The molecule has 1 atom stereocenters. The summed E-state index contributed by atoms with van der Waals surface area (Å²) in [5.41, 5.74) is 10.5. The second-order valence-electron chi connectivity index (χ2n) is 17.1. The number of nitrogens with zero attached hydrogens (tertiary/aromatic N) is 8. The zero-order valence-electron chi connectivity index (χ0n) is 34.1. The Morgan fingerprint density at radius 3 is 2.16 bits per heavy atom. The summed E-state index contributed by atoms with van der Waals surface area (Å²) >= 11 is 0. The first-order valence-electron chi connectivity index (χ1n) is 21.7. The van der Waals surface area contributed by atoms with Crippen molar-refractivity contribution in [3.05, 3.63) is 90.3 Å². The van der Waals surface area contributed by atoms with Crippen molar-refractivity contribution in [2.75, 3.05) is 56.4 Å². The van der Waals surface area contributed by atoms with Crippen molar-refractivity contribution < 1.29 is 23.9 Å². The molecule has 0 radical (unpaired) electrons. The molecule has 7 heterocycles. The van der Waals surface area contributed by atoms with Gasteiger partial charge in [-0.2, -0.15) is 5.10 Å². The zero-order valence-corrected chi connectivity index (χ0v) is 34.1. The molecule has 314 valence electrons. The van der Waals surface area contributed by atoms with E-state index in [0.29, 0.717) is 28.9 Å². The van der Waals surface area contributed by atoms with Gasteiger partial charge < -0.3 is 25.2 Å². The van der Waals surface area contributed by atoms with E-state index in [1.54, 1.807) is 12.1 Å². The molecule has 4 fully saturated rings. The van der Waals surface area contributed by atoms with E-state index in [1.807, 2.05) is 60.7 Å². The number of nitrogen functional groups attached to an aromatic ring is 1. The van der Waals surface area contributed by atoms with Gasteiger partial charge in [0.1, 0.15) is 35.4 Å². The highest BCUT2D eigenvalue weighted by Gasteiger charge is 2.45. The minimum absolute atomic E-state index is 0.103. The maximum Gasteiger partial charge on any atom is 0.262 e. The first kappa shape index (κ1) is 39.0. The molecule has 4 saturated heterocycles. The lowest BCUT2D eigenvalue weighted by Gasteiger charge is -2.43. The number of nitrogens with one attached hydrogen (secondary N) is 1. The molecule has 3 aromatic carbocycles. The van der Waals surface area contributed by atoms with Gasteiger partial charge in [0.15, 0.2) is 5.65 Å². The Kier molecular flexibility index (Phi) is 10.4. The van der Waals surface area contributed by atoms with Crippen LogP contribution in [-0.4, -0.2) is 116 Å². The summed E-state index contributed by atoms with van der Waals surface area (Å²) in [5, 5.41) is 8.19. The molecule has 0 aliphatic carbocycles. The molecule has 15 heteroatoms. The largest absolute Gasteiger partial charge is 0.457 e. The second-order valence-corrected chi connectivity index (χ2v) is 17.1. The van der Waals surface area contributed by atoms with Crippen LogP contribution in [0.5, 0.6) is 11.5 Å². The maximum absolute atomic E-state index is 13.4. The molecule has 61 heavy (non-hydrogen) atoms. The summed E-state index contributed by atoms with van der Waals surface area (Å²) in [5.74, 6) is 0.665. The van der Waals surface area contributed by atoms with Crippen molar-refractivity contribution in [1.29, 1.82) is 0 Å². The topological polar surface area (TPSA) is 172 Å². The lowest BCUT2D eigenvalue weighted by atomic mass is 9.93. The molecule has 10 rings (SSSR count). The van der Waals surface area contributed by atoms with Crippen molar-refractivity contribution >= 4 is 46.2 Å². The van der Waals surface area contributed by atoms with Gasteiger partial charge in [0.05, 0.1) is 22.6 Å². The molecule has 0 unspecified atom stereocenters. The van der Waals surface area contributed by atoms with Crippen LogP contribution in [-0.2, 0) is 9.59 Å². The lowest BCUT2D eigenvalue weighted by molar-refractivity contribution is -0.136. The van der Waals surface area contributed by atoms with Gasteiger partial charge >= 0.3 is 0 Å². The zero-order chi connectivity index (χ0) is 41.6. The third-order valence-corrected chi connectivity index (χ3v) is 13.5. The molecule has 15 nitrogen and oxygen atoms in total. The number of anilines is 2. The van der Waals surface area contributed by atoms with Crippen LogP contribution in [0.15, 0.2) is 79.1 Å². The predicted molar refractivity (Wildman–Crippen MR) is 229 cm³/mol. The molecule has 5 aromatic rings. The van der Waals surface area contributed by atoms with E-state index in [0.717, 1.165) is 116 Å². The van der Waals surface area contributed by atoms with Crippen LogP contribution in [0.4, 0.5) is 11.5 Å². The predicted octanol–water partition coefficient (Wildman–Crippen LogP) is 5.29. The van der Waals surface area contributed by atoms with Crippen molar-refractivity contribution in [2.24, 2.45) is 5.92 Å². The Labute approximate surface area is 353 Å². The van der Waals surface area contributed by atoms with Crippen LogP contribution in [0.1, 0.15) is 78.1 Å². The SMILES string of the molecule is Nc1ncnc2c1c(-c1ccc(Oc3ccccc3)cc1)nn2C1CCN(C2CCN(CC3CCN(c4ccc5c(c4)C(=O)N([C@@H]4CCC(=O)NC4=O)C5=O)CC3)CC2)CC1. The summed E-state index contributed by atoms with van der Waals surface area (Å²) in [6, 6.07) is 22.9. The monoisotopic (exact) mass is 822 g/mol. The third kappa shape index (κ3) is 7.61. The van der Waals surface area contributed by atoms with Gasteiger partial charge in [-0.3, -0.25) is 29.4 Å². The number of carbonyl (C=O) groups excluding carboxylic acids is 4. The van der Waals surface area contributed by atoms with Gasteiger partial charge in [0.2, 0.25) is 11.8 Å². The van der Waals surface area contributed by atoms with Crippen LogP contribution in [0.25, 0.3) is 22.3 Å². The van der Waals surface area contributed by atoms with E-state index in [4.69, 9.17) is 15.6 Å². The molecule has 4 amide bonds. The fraction of sp³-hybridized carbons (Fsp3) is 0.413. The number of rotatable bonds is 9. The Bertz CT molecular complexity index is 2470. The van der Waals surface area contributed by atoms with Crippen molar-refractivity contribution in [3.63, 3.8) is 0 Å². The highest BCUT2D eigenvalue weighted by atomic mass is 16.5. The summed E-state index contributed by atoms with van der Waals surface area (Å²) in [6.45, 7) is 7.12. The highest BCUT2D eigenvalue weighted by molar-refractivity contribution is 6.23.